The van der Waals surface area contributed by atoms with Crippen LogP contribution in [0.15, 0.2) is 0 Å². The average Bonchev–Trinajstić information content (AvgIpc) is 2.73. The zero-order chi connectivity index (χ0) is 11.8. The third kappa shape index (κ3) is 0.978. The lowest BCUT2D eigenvalue weighted by molar-refractivity contribution is -0.177. The van der Waals surface area contributed by atoms with Crippen LogP contribution in [0.1, 0.15) is 59.8 Å². The summed E-state index contributed by atoms with van der Waals surface area (Å²) in [5, 5.41) is 11.1. The van der Waals surface area contributed by atoms with Crippen LogP contribution in [0, 0.1) is 28.6 Å². The van der Waals surface area contributed by atoms with Crippen molar-refractivity contribution in [3.63, 3.8) is 0 Å². The molecule has 16 heavy (non-hydrogen) atoms. The topological polar surface area (TPSA) is 20.2 Å². The molecule has 1 nitrogen and oxygen atoms in total. The highest BCUT2D eigenvalue weighted by molar-refractivity contribution is 5.17. The van der Waals surface area contributed by atoms with E-state index in [1.807, 2.05) is 0 Å². The van der Waals surface area contributed by atoms with E-state index in [4.69, 9.17) is 0 Å². The maximum atomic E-state index is 11.1. The third-order valence-corrected chi connectivity index (χ3v) is 7.15. The predicted octanol–water partition coefficient (Wildman–Crippen LogP) is 3.61. The van der Waals surface area contributed by atoms with E-state index >= 15 is 0 Å². The number of fused-ring (bicyclic) bond motifs is 1. The van der Waals surface area contributed by atoms with Crippen LogP contribution in [0.25, 0.3) is 0 Å². The summed E-state index contributed by atoms with van der Waals surface area (Å²) in [6.45, 7) is 9.16. The molecule has 0 aromatic rings. The highest BCUT2D eigenvalue weighted by atomic mass is 16.3. The van der Waals surface area contributed by atoms with E-state index in [0.717, 1.165) is 11.8 Å². The minimum atomic E-state index is -0.447. The molecule has 3 fully saturated rings. The zero-order valence-corrected chi connectivity index (χ0v) is 11.2. The zero-order valence-electron chi connectivity index (χ0n) is 11.2. The molecule has 0 aromatic carbocycles. The lowest BCUT2D eigenvalue weighted by Gasteiger charge is -2.56. The predicted molar refractivity (Wildman–Crippen MR) is 66.1 cm³/mol. The number of hydrogen-bond acceptors (Lipinski definition) is 1. The van der Waals surface area contributed by atoms with Gasteiger partial charge >= 0.3 is 0 Å². The maximum Gasteiger partial charge on any atom is 0.0706 e. The van der Waals surface area contributed by atoms with Gasteiger partial charge in [-0.3, -0.25) is 0 Å². The molecule has 1 spiro atoms. The standard InChI is InChI=1S/C15H26O/c1-10-5-6-12-14(4,16)13(2,3)11-7-8-15(10,12)9-11/h10-12,16H,5-9H2,1-4H3/t10-,11+,12+,14-,15-/m0/s1. The highest BCUT2D eigenvalue weighted by Gasteiger charge is 2.67. The molecule has 5 atom stereocenters. The molecule has 1 N–H and O–H groups in total. The minimum Gasteiger partial charge on any atom is -0.389 e. The molecule has 2 bridgehead atoms. The average molecular weight is 222 g/mol. The molecule has 0 saturated heterocycles. The van der Waals surface area contributed by atoms with E-state index in [1.165, 1.54) is 32.1 Å². The minimum absolute atomic E-state index is 0.113. The van der Waals surface area contributed by atoms with Crippen molar-refractivity contribution in [2.45, 2.75) is 65.4 Å². The van der Waals surface area contributed by atoms with Gasteiger partial charge in [-0.2, -0.15) is 0 Å². The van der Waals surface area contributed by atoms with Crippen molar-refractivity contribution in [3.8, 4) is 0 Å². The molecule has 0 aromatic heterocycles. The lowest BCUT2D eigenvalue weighted by Crippen LogP contribution is -2.58. The van der Waals surface area contributed by atoms with Crippen molar-refractivity contribution >= 4 is 0 Å². The van der Waals surface area contributed by atoms with E-state index in [1.54, 1.807) is 0 Å². The second-order valence-corrected chi connectivity index (χ2v) is 7.57. The Bertz CT molecular complexity index is 317. The summed E-state index contributed by atoms with van der Waals surface area (Å²) >= 11 is 0. The quantitative estimate of drug-likeness (QED) is 0.664. The van der Waals surface area contributed by atoms with Crippen LogP contribution in [-0.2, 0) is 0 Å². The number of hydrogen-bond donors (Lipinski definition) is 1. The van der Waals surface area contributed by atoms with Gasteiger partial charge in [0.2, 0.25) is 0 Å². The molecule has 3 rings (SSSR count). The van der Waals surface area contributed by atoms with Gasteiger partial charge in [0.1, 0.15) is 0 Å². The molecule has 3 saturated carbocycles. The van der Waals surface area contributed by atoms with Gasteiger partial charge < -0.3 is 5.11 Å². The van der Waals surface area contributed by atoms with Gasteiger partial charge in [0, 0.05) is 0 Å². The molecule has 1 heteroatoms. The summed E-state index contributed by atoms with van der Waals surface area (Å²) in [6.07, 6.45) is 6.71. The highest BCUT2D eigenvalue weighted by Crippen LogP contribution is 2.71. The van der Waals surface area contributed by atoms with Gasteiger partial charge in [0.15, 0.2) is 0 Å². The first-order valence-electron chi connectivity index (χ1n) is 7.05. The van der Waals surface area contributed by atoms with Crippen LogP contribution in [-0.4, -0.2) is 10.7 Å². The van der Waals surface area contributed by atoms with Crippen LogP contribution in [0.2, 0.25) is 0 Å². The van der Waals surface area contributed by atoms with E-state index in [2.05, 4.69) is 27.7 Å². The van der Waals surface area contributed by atoms with E-state index < -0.39 is 5.60 Å². The first-order chi connectivity index (χ1) is 7.32. The monoisotopic (exact) mass is 222 g/mol. The summed E-state index contributed by atoms with van der Waals surface area (Å²) < 4.78 is 0. The maximum absolute atomic E-state index is 11.1. The normalized spacial score (nSPS) is 58.7. The van der Waals surface area contributed by atoms with Crippen molar-refractivity contribution in [2.24, 2.45) is 28.6 Å². The molecular formula is C15H26O. The largest absolute Gasteiger partial charge is 0.389 e. The summed E-state index contributed by atoms with van der Waals surface area (Å²) in [5.41, 5.74) is 0.169. The Morgan fingerprint density at radius 1 is 1.06 bits per heavy atom. The number of rotatable bonds is 0. The summed E-state index contributed by atoms with van der Waals surface area (Å²) in [7, 11) is 0. The van der Waals surface area contributed by atoms with Gasteiger partial charge in [-0.15, -0.1) is 0 Å². The number of aliphatic hydroxyl groups is 1. The van der Waals surface area contributed by atoms with Crippen molar-refractivity contribution in [3.05, 3.63) is 0 Å². The molecule has 92 valence electrons. The summed E-state index contributed by atoms with van der Waals surface area (Å²) in [5.74, 6) is 2.15. The van der Waals surface area contributed by atoms with Gasteiger partial charge in [0.25, 0.3) is 0 Å². The molecule has 0 heterocycles. The molecule has 0 amide bonds. The molecule has 0 unspecified atom stereocenters. The Balaban J connectivity index is 2.10. The van der Waals surface area contributed by atoms with Crippen molar-refractivity contribution in [1.29, 1.82) is 0 Å². The summed E-state index contributed by atoms with van der Waals surface area (Å²) in [4.78, 5) is 0. The van der Waals surface area contributed by atoms with Crippen LogP contribution < -0.4 is 0 Å². The fourth-order valence-electron chi connectivity index (χ4n) is 5.52. The first kappa shape index (κ1) is 11.1. The van der Waals surface area contributed by atoms with Crippen molar-refractivity contribution in [1.82, 2.24) is 0 Å². The molecular weight excluding hydrogens is 196 g/mol. The Morgan fingerprint density at radius 3 is 2.44 bits per heavy atom. The fraction of sp³-hybridized carbons (Fsp3) is 1.00. The first-order valence-corrected chi connectivity index (χ1v) is 7.05. The van der Waals surface area contributed by atoms with Gasteiger partial charge in [-0.05, 0) is 67.6 Å². The van der Waals surface area contributed by atoms with Crippen LogP contribution in [0.5, 0.6) is 0 Å². The second-order valence-electron chi connectivity index (χ2n) is 7.57. The van der Waals surface area contributed by atoms with Gasteiger partial charge in [-0.25, -0.2) is 0 Å². The van der Waals surface area contributed by atoms with E-state index in [0.29, 0.717) is 11.3 Å². The second kappa shape index (κ2) is 2.85. The Hall–Kier alpha value is -0.0400. The van der Waals surface area contributed by atoms with Crippen molar-refractivity contribution < 1.29 is 5.11 Å². The van der Waals surface area contributed by atoms with Crippen molar-refractivity contribution in [2.75, 3.05) is 0 Å². The van der Waals surface area contributed by atoms with Gasteiger partial charge in [-0.1, -0.05) is 20.8 Å². The third-order valence-electron chi connectivity index (χ3n) is 7.15. The SMILES string of the molecule is C[C@H]1CC[C@H]2[C@]13CC[C@H](C3)C(C)(C)[C@@]2(C)O. The molecule has 3 aliphatic carbocycles. The molecule has 0 radical (unpaired) electrons. The molecule has 3 aliphatic rings. The van der Waals surface area contributed by atoms with Crippen LogP contribution >= 0.6 is 0 Å². The van der Waals surface area contributed by atoms with Crippen LogP contribution in [0.3, 0.4) is 0 Å². The summed E-state index contributed by atoms with van der Waals surface area (Å²) in [6, 6.07) is 0. The Labute approximate surface area is 99.6 Å². The Kier molecular flexibility index (Phi) is 1.98. The van der Waals surface area contributed by atoms with E-state index in [9.17, 15) is 5.11 Å². The smallest absolute Gasteiger partial charge is 0.0706 e. The Morgan fingerprint density at radius 2 is 1.75 bits per heavy atom. The van der Waals surface area contributed by atoms with Crippen LogP contribution in [0.4, 0.5) is 0 Å². The van der Waals surface area contributed by atoms with E-state index in [-0.39, 0.29) is 5.41 Å². The lowest BCUT2D eigenvalue weighted by atomic mass is 9.51. The fourth-order valence-corrected chi connectivity index (χ4v) is 5.52. The molecule has 0 aliphatic heterocycles. The van der Waals surface area contributed by atoms with Gasteiger partial charge in [0.05, 0.1) is 5.60 Å².